The zero-order valence-electron chi connectivity index (χ0n) is 20.0. The van der Waals surface area contributed by atoms with Gasteiger partial charge in [-0.2, -0.15) is 0 Å². The molecule has 0 aliphatic rings. The predicted molar refractivity (Wildman–Crippen MR) is 136 cm³/mol. The van der Waals surface area contributed by atoms with Crippen LogP contribution in [0.4, 0.5) is 17.1 Å². The first kappa shape index (κ1) is 23.1. The van der Waals surface area contributed by atoms with Crippen LogP contribution in [0, 0.1) is 34.6 Å². The molecule has 0 saturated heterocycles. The first-order valence-electron chi connectivity index (χ1n) is 11.1. The first-order chi connectivity index (χ1) is 16.2. The number of phenolic OH excluding ortho intramolecular Hbond substituents is 3. The van der Waals surface area contributed by atoms with Gasteiger partial charge in [0.25, 0.3) is 0 Å². The van der Waals surface area contributed by atoms with E-state index < -0.39 is 0 Å². The molecule has 0 unspecified atom stereocenters. The Labute approximate surface area is 200 Å². The third kappa shape index (κ3) is 4.01. The molecule has 0 bridgehead atoms. The molecule has 34 heavy (non-hydrogen) atoms. The van der Waals surface area contributed by atoms with E-state index in [0.29, 0.717) is 28.3 Å². The van der Waals surface area contributed by atoms with Crippen LogP contribution in [0.2, 0.25) is 0 Å². The molecule has 0 heterocycles. The summed E-state index contributed by atoms with van der Waals surface area (Å²) in [6, 6.07) is 19.9. The Balaban J connectivity index is 2.04. The summed E-state index contributed by atoms with van der Waals surface area (Å²) in [5.74, 6) is 1.31. The minimum atomic E-state index is 0.0517. The fourth-order valence-electron chi connectivity index (χ4n) is 4.30. The van der Waals surface area contributed by atoms with Crippen LogP contribution in [-0.2, 0) is 0 Å². The van der Waals surface area contributed by atoms with Gasteiger partial charge in [0.15, 0.2) is 17.2 Å². The third-order valence-corrected chi connectivity index (χ3v) is 6.16. The molecule has 174 valence electrons. The summed E-state index contributed by atoms with van der Waals surface area (Å²) < 4.78 is 6.30. The van der Waals surface area contributed by atoms with E-state index in [0.717, 1.165) is 28.1 Å². The lowest BCUT2D eigenvalue weighted by Crippen LogP contribution is -2.16. The number of para-hydroxylation sites is 3. The smallest absolute Gasteiger partial charge is 0.172 e. The molecule has 4 aromatic rings. The van der Waals surface area contributed by atoms with Crippen LogP contribution in [0.3, 0.4) is 0 Å². The molecular formula is C29H29NO4. The van der Waals surface area contributed by atoms with E-state index in [9.17, 15) is 15.3 Å². The van der Waals surface area contributed by atoms with Gasteiger partial charge in [0, 0.05) is 11.1 Å². The molecule has 0 fully saturated rings. The van der Waals surface area contributed by atoms with Gasteiger partial charge >= 0.3 is 0 Å². The fraction of sp³-hybridized carbons (Fsp3) is 0.172. The molecule has 0 aliphatic heterocycles. The summed E-state index contributed by atoms with van der Waals surface area (Å²) in [7, 11) is 0. The van der Waals surface area contributed by atoms with Gasteiger partial charge in [-0.25, -0.2) is 0 Å². The number of aromatic hydroxyl groups is 3. The molecule has 0 saturated carbocycles. The number of aryl methyl sites for hydroxylation is 3. The summed E-state index contributed by atoms with van der Waals surface area (Å²) in [6.45, 7) is 9.59. The van der Waals surface area contributed by atoms with E-state index in [4.69, 9.17) is 4.74 Å². The highest BCUT2D eigenvalue weighted by atomic mass is 16.5. The quantitative estimate of drug-likeness (QED) is 0.289. The second-order valence-corrected chi connectivity index (χ2v) is 8.58. The number of hydrogen-bond acceptors (Lipinski definition) is 5. The number of benzene rings is 4. The maximum atomic E-state index is 10.6. The van der Waals surface area contributed by atoms with Crippen molar-refractivity contribution in [2.24, 2.45) is 0 Å². The van der Waals surface area contributed by atoms with Crippen molar-refractivity contribution in [2.75, 3.05) is 4.90 Å². The molecule has 0 atom stereocenters. The second-order valence-electron chi connectivity index (χ2n) is 8.58. The van der Waals surface area contributed by atoms with E-state index in [-0.39, 0.29) is 17.2 Å². The molecule has 0 aliphatic carbocycles. The van der Waals surface area contributed by atoms with Gasteiger partial charge < -0.3 is 25.0 Å². The lowest BCUT2D eigenvalue weighted by molar-refractivity contribution is 0.409. The van der Waals surface area contributed by atoms with Gasteiger partial charge in [0.05, 0.1) is 17.1 Å². The van der Waals surface area contributed by atoms with Gasteiger partial charge in [-0.05, 0) is 81.6 Å². The van der Waals surface area contributed by atoms with Gasteiger partial charge in [-0.1, -0.05) is 36.4 Å². The Bertz CT molecular complexity index is 1300. The maximum absolute atomic E-state index is 10.6. The minimum absolute atomic E-state index is 0.0517. The van der Waals surface area contributed by atoms with E-state index in [1.165, 1.54) is 0 Å². The van der Waals surface area contributed by atoms with Crippen LogP contribution in [-0.4, -0.2) is 15.3 Å². The third-order valence-electron chi connectivity index (χ3n) is 6.16. The number of hydrogen-bond donors (Lipinski definition) is 3. The maximum Gasteiger partial charge on any atom is 0.172 e. The van der Waals surface area contributed by atoms with E-state index >= 15 is 0 Å². The Morgan fingerprint density at radius 3 is 1.68 bits per heavy atom. The monoisotopic (exact) mass is 455 g/mol. The molecule has 4 rings (SSSR count). The lowest BCUT2D eigenvalue weighted by Gasteiger charge is -2.32. The highest BCUT2D eigenvalue weighted by Crippen LogP contribution is 2.49. The summed E-state index contributed by atoms with van der Waals surface area (Å²) in [4.78, 5) is 2.01. The predicted octanol–water partition coefficient (Wildman–Crippen LogP) is 7.61. The number of nitrogens with zero attached hydrogens (tertiary/aromatic N) is 1. The van der Waals surface area contributed by atoms with E-state index in [2.05, 4.69) is 0 Å². The van der Waals surface area contributed by atoms with E-state index in [1.54, 1.807) is 24.3 Å². The summed E-state index contributed by atoms with van der Waals surface area (Å²) in [5.41, 5.74) is 6.40. The SMILES string of the molecule is Cc1cccc(O)c1Oc1ccccc1N(c1c(C)ccc(O)c1C)c1c(C)ccc(O)c1C. The molecule has 0 spiro atoms. The Hall–Kier alpha value is -4.12. The number of ether oxygens (including phenoxy) is 1. The molecular weight excluding hydrogens is 426 g/mol. The lowest BCUT2D eigenvalue weighted by atomic mass is 10.0. The molecule has 4 aromatic carbocycles. The Morgan fingerprint density at radius 1 is 0.559 bits per heavy atom. The van der Waals surface area contributed by atoms with E-state index in [1.807, 2.05) is 82.0 Å². The Morgan fingerprint density at radius 2 is 1.12 bits per heavy atom. The molecule has 0 radical (unpaired) electrons. The van der Waals surface area contributed by atoms with Crippen molar-refractivity contribution in [1.29, 1.82) is 0 Å². The van der Waals surface area contributed by atoms with Crippen LogP contribution in [0.15, 0.2) is 66.7 Å². The molecule has 0 aromatic heterocycles. The average Bonchev–Trinajstić information content (AvgIpc) is 2.81. The molecule has 0 amide bonds. The van der Waals surface area contributed by atoms with Gasteiger partial charge in [-0.15, -0.1) is 0 Å². The van der Waals surface area contributed by atoms with Crippen LogP contribution in [0.5, 0.6) is 28.7 Å². The summed E-state index contributed by atoms with van der Waals surface area (Å²) >= 11 is 0. The number of rotatable bonds is 5. The van der Waals surface area contributed by atoms with Crippen molar-refractivity contribution < 1.29 is 20.1 Å². The molecule has 5 heteroatoms. The highest BCUT2D eigenvalue weighted by Gasteiger charge is 2.26. The summed E-state index contributed by atoms with van der Waals surface area (Å²) in [6.07, 6.45) is 0. The largest absolute Gasteiger partial charge is 0.508 e. The number of anilines is 3. The zero-order valence-corrected chi connectivity index (χ0v) is 20.0. The summed E-state index contributed by atoms with van der Waals surface area (Å²) in [5, 5.41) is 31.7. The number of phenols is 3. The van der Waals surface area contributed by atoms with Crippen LogP contribution in [0.1, 0.15) is 27.8 Å². The fourth-order valence-corrected chi connectivity index (χ4v) is 4.30. The van der Waals surface area contributed by atoms with Crippen molar-refractivity contribution in [2.45, 2.75) is 34.6 Å². The van der Waals surface area contributed by atoms with Crippen LogP contribution < -0.4 is 9.64 Å². The second kappa shape index (κ2) is 9.02. The van der Waals surface area contributed by atoms with Crippen LogP contribution in [0.25, 0.3) is 0 Å². The van der Waals surface area contributed by atoms with Crippen molar-refractivity contribution in [3.05, 3.63) is 94.5 Å². The topological polar surface area (TPSA) is 73.2 Å². The normalized spacial score (nSPS) is 10.9. The zero-order chi connectivity index (χ0) is 24.6. The van der Waals surface area contributed by atoms with Crippen molar-refractivity contribution >= 4 is 17.1 Å². The average molecular weight is 456 g/mol. The molecule has 5 nitrogen and oxygen atoms in total. The molecule has 3 N–H and O–H groups in total. The van der Waals surface area contributed by atoms with Gasteiger partial charge in [0.1, 0.15) is 11.5 Å². The van der Waals surface area contributed by atoms with Crippen molar-refractivity contribution in [1.82, 2.24) is 0 Å². The van der Waals surface area contributed by atoms with Crippen molar-refractivity contribution in [3.8, 4) is 28.7 Å². The standard InChI is InChI=1S/C29H29NO4/c1-17-13-15-23(31)20(4)27(17)30(28-18(2)14-16-24(32)21(28)5)22-10-6-7-12-26(22)34-29-19(3)9-8-11-25(29)33/h6-16,31-33H,1-5H3. The Kier molecular flexibility index (Phi) is 6.12. The minimum Gasteiger partial charge on any atom is -0.508 e. The van der Waals surface area contributed by atoms with Crippen molar-refractivity contribution in [3.63, 3.8) is 0 Å². The first-order valence-corrected chi connectivity index (χ1v) is 11.1. The highest BCUT2D eigenvalue weighted by molar-refractivity contribution is 5.87. The van der Waals surface area contributed by atoms with Gasteiger partial charge in [0.2, 0.25) is 0 Å². The van der Waals surface area contributed by atoms with Crippen LogP contribution >= 0.6 is 0 Å². The van der Waals surface area contributed by atoms with Gasteiger partial charge in [-0.3, -0.25) is 0 Å².